The van der Waals surface area contributed by atoms with Gasteiger partial charge in [-0.2, -0.15) is 0 Å². The van der Waals surface area contributed by atoms with E-state index in [9.17, 15) is 14.9 Å². The standard InChI is InChI=1S/C19H15N5O3S/c1-23-13-21-22-19(23)28-17-10-9-15(12-16(17)24(26)27)18(25)20-11-5-8-14-6-3-2-4-7-14/h2-4,6-7,9-10,12-13H,11H2,1H3,(H,20,25). The molecule has 1 amide bonds. The lowest BCUT2D eigenvalue weighted by Gasteiger charge is -2.05. The van der Waals surface area contributed by atoms with E-state index in [4.69, 9.17) is 0 Å². The van der Waals surface area contributed by atoms with Gasteiger partial charge >= 0.3 is 0 Å². The Kier molecular flexibility index (Phi) is 6.04. The number of amides is 1. The van der Waals surface area contributed by atoms with Crippen molar-refractivity contribution >= 4 is 23.4 Å². The molecule has 3 aromatic rings. The summed E-state index contributed by atoms with van der Waals surface area (Å²) in [4.78, 5) is 23.6. The number of nitro groups is 1. The third kappa shape index (κ3) is 4.75. The van der Waals surface area contributed by atoms with Crippen LogP contribution in [-0.4, -0.2) is 32.1 Å². The molecule has 0 radical (unpaired) electrons. The number of nitrogens with one attached hydrogen (secondary N) is 1. The Morgan fingerprint density at radius 3 is 2.75 bits per heavy atom. The van der Waals surface area contributed by atoms with Gasteiger partial charge in [-0.1, -0.05) is 30.0 Å². The van der Waals surface area contributed by atoms with Crippen LogP contribution >= 0.6 is 11.8 Å². The molecule has 28 heavy (non-hydrogen) atoms. The number of aromatic nitrogens is 3. The maximum atomic E-state index is 12.3. The van der Waals surface area contributed by atoms with Crippen LogP contribution in [-0.2, 0) is 7.05 Å². The minimum Gasteiger partial charge on any atom is -0.341 e. The van der Waals surface area contributed by atoms with Gasteiger partial charge in [0, 0.05) is 24.2 Å². The molecule has 0 unspecified atom stereocenters. The van der Waals surface area contributed by atoms with Crippen LogP contribution in [0.4, 0.5) is 5.69 Å². The van der Waals surface area contributed by atoms with E-state index < -0.39 is 10.8 Å². The largest absolute Gasteiger partial charge is 0.341 e. The number of hydrogen-bond acceptors (Lipinski definition) is 6. The summed E-state index contributed by atoms with van der Waals surface area (Å²) in [5.74, 6) is 5.35. The van der Waals surface area contributed by atoms with Crippen LogP contribution in [0, 0.1) is 22.0 Å². The van der Waals surface area contributed by atoms with Crippen LogP contribution in [0.1, 0.15) is 15.9 Å². The lowest BCUT2D eigenvalue weighted by molar-refractivity contribution is -0.387. The van der Waals surface area contributed by atoms with Crippen LogP contribution in [0.3, 0.4) is 0 Å². The molecule has 0 atom stereocenters. The van der Waals surface area contributed by atoms with Crippen molar-refractivity contribution in [3.05, 3.63) is 76.1 Å². The highest BCUT2D eigenvalue weighted by Crippen LogP contribution is 2.34. The SMILES string of the molecule is Cn1cnnc1Sc1ccc(C(=O)NCC#Cc2ccccc2)cc1[N+](=O)[O-]. The zero-order valence-corrected chi connectivity index (χ0v) is 15.6. The van der Waals surface area contributed by atoms with E-state index in [0.29, 0.717) is 10.1 Å². The maximum Gasteiger partial charge on any atom is 0.284 e. The number of carbonyl (C=O) groups excluding carboxylic acids is 1. The second-order valence-electron chi connectivity index (χ2n) is 5.62. The number of rotatable bonds is 5. The van der Waals surface area contributed by atoms with Gasteiger partial charge in [0.25, 0.3) is 11.6 Å². The highest BCUT2D eigenvalue weighted by molar-refractivity contribution is 7.99. The van der Waals surface area contributed by atoms with Gasteiger partial charge in [-0.25, -0.2) is 0 Å². The Hall–Kier alpha value is -3.64. The number of nitro benzene ring substituents is 1. The van der Waals surface area contributed by atoms with Crippen molar-refractivity contribution in [3.8, 4) is 11.8 Å². The van der Waals surface area contributed by atoms with Crippen molar-refractivity contribution in [1.82, 2.24) is 20.1 Å². The molecule has 0 aliphatic rings. The third-order valence-electron chi connectivity index (χ3n) is 3.63. The fraction of sp³-hybridized carbons (Fsp3) is 0.105. The van der Waals surface area contributed by atoms with Crippen molar-refractivity contribution in [2.45, 2.75) is 10.1 Å². The van der Waals surface area contributed by atoms with Crippen LogP contribution in [0.25, 0.3) is 0 Å². The molecule has 0 saturated carbocycles. The molecule has 1 N–H and O–H groups in total. The van der Waals surface area contributed by atoms with E-state index in [2.05, 4.69) is 27.4 Å². The number of aryl methyl sites for hydroxylation is 1. The molecule has 0 spiro atoms. The summed E-state index contributed by atoms with van der Waals surface area (Å²) in [6, 6.07) is 13.7. The van der Waals surface area contributed by atoms with Gasteiger partial charge in [0.1, 0.15) is 6.33 Å². The first kappa shape index (κ1) is 19.1. The minimum absolute atomic E-state index is 0.136. The molecule has 0 saturated heterocycles. The average molecular weight is 393 g/mol. The maximum absolute atomic E-state index is 12.3. The summed E-state index contributed by atoms with van der Waals surface area (Å²) >= 11 is 1.11. The van der Waals surface area contributed by atoms with E-state index in [1.54, 1.807) is 11.6 Å². The zero-order chi connectivity index (χ0) is 19.9. The predicted octanol–water partition coefficient (Wildman–Crippen LogP) is 2.66. The van der Waals surface area contributed by atoms with Crippen LogP contribution in [0.2, 0.25) is 0 Å². The summed E-state index contributed by atoms with van der Waals surface area (Å²) in [6.45, 7) is 0.136. The van der Waals surface area contributed by atoms with Crippen LogP contribution in [0.5, 0.6) is 0 Å². The topological polar surface area (TPSA) is 103 Å². The molecule has 9 heteroatoms. The molecule has 0 fully saturated rings. The predicted molar refractivity (Wildman–Crippen MR) is 104 cm³/mol. The number of benzene rings is 2. The van der Waals surface area contributed by atoms with Crippen molar-refractivity contribution in [2.75, 3.05) is 6.54 Å². The molecule has 0 bridgehead atoms. The quantitative estimate of drug-likeness (QED) is 0.406. The van der Waals surface area contributed by atoms with E-state index in [1.165, 1.54) is 24.5 Å². The van der Waals surface area contributed by atoms with Crippen LogP contribution < -0.4 is 5.32 Å². The minimum atomic E-state index is -0.523. The Morgan fingerprint density at radius 2 is 2.07 bits per heavy atom. The van der Waals surface area contributed by atoms with E-state index >= 15 is 0 Å². The summed E-state index contributed by atoms with van der Waals surface area (Å²) in [6.07, 6.45) is 1.51. The molecular formula is C19H15N5O3S. The average Bonchev–Trinajstić information content (AvgIpc) is 3.10. The van der Waals surface area contributed by atoms with Crippen LogP contribution in [0.15, 0.2) is 64.9 Å². The fourth-order valence-corrected chi connectivity index (χ4v) is 3.10. The highest BCUT2D eigenvalue weighted by atomic mass is 32.2. The lowest BCUT2D eigenvalue weighted by Crippen LogP contribution is -2.23. The molecule has 140 valence electrons. The Balaban J connectivity index is 1.70. The third-order valence-corrected chi connectivity index (χ3v) is 4.75. The molecule has 1 heterocycles. The smallest absolute Gasteiger partial charge is 0.284 e. The molecule has 3 rings (SSSR count). The molecular weight excluding hydrogens is 378 g/mol. The van der Waals surface area contributed by atoms with E-state index in [0.717, 1.165) is 17.3 Å². The molecule has 0 aliphatic heterocycles. The molecule has 2 aromatic carbocycles. The van der Waals surface area contributed by atoms with Crippen molar-refractivity contribution in [2.24, 2.45) is 7.05 Å². The fourth-order valence-electron chi connectivity index (χ4n) is 2.25. The Morgan fingerprint density at radius 1 is 1.29 bits per heavy atom. The normalized spacial score (nSPS) is 10.0. The van der Waals surface area contributed by atoms with E-state index in [-0.39, 0.29) is 17.8 Å². The van der Waals surface area contributed by atoms with Gasteiger partial charge < -0.3 is 9.88 Å². The molecule has 1 aromatic heterocycles. The summed E-state index contributed by atoms with van der Waals surface area (Å²) in [5, 5.41) is 22.2. The monoisotopic (exact) mass is 393 g/mol. The van der Waals surface area contributed by atoms with Gasteiger partial charge in [0.05, 0.1) is 16.4 Å². The Bertz CT molecular complexity index is 1070. The van der Waals surface area contributed by atoms with Gasteiger partial charge in [0.15, 0.2) is 5.16 Å². The highest BCUT2D eigenvalue weighted by Gasteiger charge is 2.19. The van der Waals surface area contributed by atoms with Gasteiger partial charge in [0.2, 0.25) is 0 Å². The van der Waals surface area contributed by atoms with E-state index in [1.807, 2.05) is 30.3 Å². The number of nitrogens with zero attached hydrogens (tertiary/aromatic N) is 4. The van der Waals surface area contributed by atoms with Crippen molar-refractivity contribution < 1.29 is 9.72 Å². The number of carbonyl (C=O) groups is 1. The summed E-state index contributed by atoms with van der Waals surface area (Å²) < 4.78 is 1.65. The second kappa shape index (κ2) is 8.83. The molecule has 8 nitrogen and oxygen atoms in total. The summed E-state index contributed by atoms with van der Waals surface area (Å²) in [5.41, 5.74) is 0.865. The van der Waals surface area contributed by atoms with Crippen molar-refractivity contribution in [1.29, 1.82) is 0 Å². The second-order valence-corrected chi connectivity index (χ2v) is 6.63. The van der Waals surface area contributed by atoms with Gasteiger partial charge in [-0.05, 0) is 36.0 Å². The molecule has 0 aliphatic carbocycles. The lowest BCUT2D eigenvalue weighted by atomic mass is 10.2. The summed E-state index contributed by atoms with van der Waals surface area (Å²) in [7, 11) is 1.74. The van der Waals surface area contributed by atoms with Gasteiger partial charge in [-0.15, -0.1) is 10.2 Å². The first-order valence-corrected chi connectivity index (χ1v) is 8.98. The van der Waals surface area contributed by atoms with Crippen molar-refractivity contribution in [3.63, 3.8) is 0 Å². The first-order chi connectivity index (χ1) is 13.5. The number of hydrogen-bond donors (Lipinski definition) is 1. The first-order valence-electron chi connectivity index (χ1n) is 8.17. The zero-order valence-electron chi connectivity index (χ0n) is 14.8. The Labute approximate surface area is 165 Å². The van der Waals surface area contributed by atoms with Gasteiger partial charge in [-0.3, -0.25) is 14.9 Å².